The van der Waals surface area contributed by atoms with Gasteiger partial charge in [-0.2, -0.15) is 0 Å². The molecule has 1 amide bonds. The second-order valence-electron chi connectivity index (χ2n) is 8.40. The largest absolute Gasteiger partial charge is 0.462 e. The summed E-state index contributed by atoms with van der Waals surface area (Å²) < 4.78 is 5.28. The summed E-state index contributed by atoms with van der Waals surface area (Å²) in [6.07, 6.45) is 0.615. The third-order valence-electron chi connectivity index (χ3n) is 4.89. The van der Waals surface area contributed by atoms with Gasteiger partial charge in [-0.3, -0.25) is 14.9 Å². The number of thiophene rings is 1. The van der Waals surface area contributed by atoms with E-state index in [1.54, 1.807) is 6.92 Å². The van der Waals surface area contributed by atoms with E-state index in [2.05, 4.69) is 24.5 Å². The summed E-state index contributed by atoms with van der Waals surface area (Å²) in [5, 5.41) is 17.7. The second-order valence-corrected chi connectivity index (χ2v) is 9.42. The Bertz CT molecular complexity index is 1010. The molecule has 0 spiro atoms. The van der Waals surface area contributed by atoms with Crippen LogP contribution in [0.25, 0.3) is 0 Å². The zero-order chi connectivity index (χ0) is 22.3. The number of rotatable bonds is 5. The third-order valence-corrected chi connectivity index (χ3v) is 6.36. The topological polar surface area (TPSA) is 111 Å². The smallest absolute Gasteiger partial charge is 0.341 e. The number of anilines is 1. The molecule has 0 radical (unpaired) electrons. The minimum Gasteiger partial charge on any atom is -0.462 e. The first-order valence-corrected chi connectivity index (χ1v) is 10.5. The molecule has 1 aliphatic heterocycles. The Labute approximate surface area is 178 Å². The number of nitrogens with one attached hydrogen (secondary N) is 2. The Hall–Kier alpha value is -2.78. The second kappa shape index (κ2) is 7.81. The highest BCUT2D eigenvalue weighted by molar-refractivity contribution is 7.17. The maximum Gasteiger partial charge on any atom is 0.341 e. The number of carbonyl (C=O) groups excluding carboxylic acids is 2. The lowest BCUT2D eigenvalue weighted by molar-refractivity contribution is -0.384. The van der Waals surface area contributed by atoms with Gasteiger partial charge >= 0.3 is 5.97 Å². The van der Waals surface area contributed by atoms with Gasteiger partial charge in [0.25, 0.3) is 11.6 Å². The molecule has 0 unspecified atom stereocenters. The van der Waals surface area contributed by atoms with Gasteiger partial charge in [0.1, 0.15) is 5.00 Å². The van der Waals surface area contributed by atoms with Crippen LogP contribution in [0.3, 0.4) is 0 Å². The fourth-order valence-corrected chi connectivity index (χ4v) is 5.20. The van der Waals surface area contributed by atoms with Crippen molar-refractivity contribution in [3.05, 3.63) is 55.9 Å². The van der Waals surface area contributed by atoms with Crippen molar-refractivity contribution in [2.45, 2.75) is 52.1 Å². The van der Waals surface area contributed by atoms with Gasteiger partial charge in [0.15, 0.2) is 0 Å². The van der Waals surface area contributed by atoms with Gasteiger partial charge in [0.05, 0.1) is 17.1 Å². The van der Waals surface area contributed by atoms with Crippen LogP contribution in [0.2, 0.25) is 0 Å². The molecule has 0 bridgehead atoms. The summed E-state index contributed by atoms with van der Waals surface area (Å²) in [6, 6.07) is 5.32. The van der Waals surface area contributed by atoms with Crippen LogP contribution in [-0.2, 0) is 16.7 Å². The molecule has 1 aromatic heterocycles. The predicted molar refractivity (Wildman–Crippen MR) is 115 cm³/mol. The van der Waals surface area contributed by atoms with Crippen LogP contribution in [0.4, 0.5) is 10.7 Å². The molecular weight excluding hydrogens is 406 g/mol. The van der Waals surface area contributed by atoms with E-state index in [9.17, 15) is 19.7 Å². The standard InChI is InChI=1S/C21H25N3O5S/c1-6-29-19(26)15-14-11-20(2,3)23-21(4,5)16(14)30-18(15)22-17(25)12-7-9-13(10-8-12)24(27)28/h7-10,23H,6,11H2,1-5H3,(H,22,25). The number of ether oxygens (including phenoxy) is 1. The number of carbonyl (C=O) groups is 2. The monoisotopic (exact) mass is 431 g/mol. The number of nitro groups is 1. The van der Waals surface area contributed by atoms with Crippen molar-refractivity contribution >= 4 is 33.9 Å². The van der Waals surface area contributed by atoms with E-state index in [1.165, 1.54) is 35.6 Å². The van der Waals surface area contributed by atoms with Crippen molar-refractivity contribution in [1.29, 1.82) is 0 Å². The lowest BCUT2D eigenvalue weighted by atomic mass is 9.81. The van der Waals surface area contributed by atoms with E-state index in [4.69, 9.17) is 4.74 Å². The number of non-ortho nitro benzene ring substituents is 1. The Balaban J connectivity index is 2.02. The van der Waals surface area contributed by atoms with Crippen molar-refractivity contribution < 1.29 is 19.2 Å². The highest BCUT2D eigenvalue weighted by Crippen LogP contribution is 2.45. The van der Waals surface area contributed by atoms with Gasteiger partial charge in [-0.25, -0.2) is 4.79 Å². The molecule has 2 aromatic rings. The summed E-state index contributed by atoms with van der Waals surface area (Å²) >= 11 is 1.35. The van der Waals surface area contributed by atoms with Gasteiger partial charge in [-0.1, -0.05) is 0 Å². The first kappa shape index (κ1) is 21.9. The Morgan fingerprint density at radius 2 is 1.87 bits per heavy atom. The van der Waals surface area contributed by atoms with Crippen LogP contribution < -0.4 is 10.6 Å². The Morgan fingerprint density at radius 1 is 1.23 bits per heavy atom. The number of hydrogen-bond acceptors (Lipinski definition) is 7. The zero-order valence-corrected chi connectivity index (χ0v) is 18.4. The first-order valence-electron chi connectivity index (χ1n) is 9.63. The van der Waals surface area contributed by atoms with Gasteiger partial charge in [0, 0.05) is 33.7 Å². The quantitative estimate of drug-likeness (QED) is 0.416. The average molecular weight is 432 g/mol. The Kier molecular flexibility index (Phi) is 5.70. The molecular formula is C21H25N3O5S. The van der Waals surface area contributed by atoms with Gasteiger partial charge in [0.2, 0.25) is 0 Å². The van der Waals surface area contributed by atoms with Crippen molar-refractivity contribution in [3.63, 3.8) is 0 Å². The summed E-state index contributed by atoms with van der Waals surface area (Å²) in [6.45, 7) is 10.2. The first-order chi connectivity index (χ1) is 13.9. The maximum atomic E-state index is 12.8. The van der Waals surface area contributed by atoms with Crippen molar-refractivity contribution in [2.24, 2.45) is 0 Å². The molecule has 2 heterocycles. The SMILES string of the molecule is CCOC(=O)c1c(NC(=O)c2ccc([N+](=O)[O-])cc2)sc2c1CC(C)(C)NC2(C)C. The molecule has 0 aliphatic carbocycles. The van der Waals surface area contributed by atoms with Crippen LogP contribution in [0, 0.1) is 10.1 Å². The van der Waals surface area contributed by atoms with Crippen molar-refractivity contribution in [2.75, 3.05) is 11.9 Å². The fraction of sp³-hybridized carbons (Fsp3) is 0.429. The molecule has 9 heteroatoms. The molecule has 2 N–H and O–H groups in total. The molecule has 8 nitrogen and oxygen atoms in total. The summed E-state index contributed by atoms with van der Waals surface area (Å²) in [4.78, 5) is 36.9. The van der Waals surface area contributed by atoms with Gasteiger partial charge in [-0.15, -0.1) is 11.3 Å². The molecule has 0 atom stereocenters. The summed E-state index contributed by atoms with van der Waals surface area (Å²) in [7, 11) is 0. The number of hydrogen-bond donors (Lipinski definition) is 2. The molecule has 0 fully saturated rings. The molecule has 0 saturated carbocycles. The van der Waals surface area contributed by atoms with E-state index in [1.807, 2.05) is 13.8 Å². The van der Waals surface area contributed by atoms with Gasteiger partial charge in [-0.05, 0) is 58.7 Å². The lowest BCUT2D eigenvalue weighted by Gasteiger charge is -2.42. The predicted octanol–water partition coefficient (Wildman–Crippen LogP) is 4.24. The average Bonchev–Trinajstić information content (AvgIpc) is 2.99. The normalized spacial score (nSPS) is 16.4. The zero-order valence-electron chi connectivity index (χ0n) is 17.6. The molecule has 1 aliphatic rings. The van der Waals surface area contributed by atoms with Gasteiger partial charge < -0.3 is 15.4 Å². The molecule has 30 heavy (non-hydrogen) atoms. The lowest BCUT2D eigenvalue weighted by Crippen LogP contribution is -2.55. The third kappa shape index (κ3) is 4.22. The van der Waals surface area contributed by atoms with Crippen LogP contribution in [0.5, 0.6) is 0 Å². The molecule has 3 rings (SSSR count). The Morgan fingerprint density at radius 3 is 2.43 bits per heavy atom. The van der Waals surface area contributed by atoms with E-state index in [-0.39, 0.29) is 28.9 Å². The number of benzene rings is 1. The minimum absolute atomic E-state index is 0.0968. The van der Waals surface area contributed by atoms with E-state index < -0.39 is 16.8 Å². The number of amides is 1. The van der Waals surface area contributed by atoms with Crippen LogP contribution in [-0.4, -0.2) is 28.9 Å². The van der Waals surface area contributed by atoms with Crippen LogP contribution in [0.1, 0.15) is 65.8 Å². The van der Waals surface area contributed by atoms with E-state index in [0.717, 1.165) is 10.4 Å². The van der Waals surface area contributed by atoms with Crippen LogP contribution >= 0.6 is 11.3 Å². The van der Waals surface area contributed by atoms with Crippen LogP contribution in [0.15, 0.2) is 24.3 Å². The van der Waals surface area contributed by atoms with E-state index >= 15 is 0 Å². The van der Waals surface area contributed by atoms with Crippen molar-refractivity contribution in [1.82, 2.24) is 5.32 Å². The molecule has 1 aromatic carbocycles. The highest BCUT2D eigenvalue weighted by atomic mass is 32.1. The van der Waals surface area contributed by atoms with Crippen molar-refractivity contribution in [3.8, 4) is 0 Å². The maximum absolute atomic E-state index is 12.8. The molecule has 160 valence electrons. The summed E-state index contributed by atoms with van der Waals surface area (Å²) in [5.74, 6) is -0.915. The summed E-state index contributed by atoms with van der Waals surface area (Å²) in [5.41, 5.74) is 0.804. The number of fused-ring (bicyclic) bond motifs is 1. The highest BCUT2D eigenvalue weighted by Gasteiger charge is 2.42. The number of esters is 1. The number of nitrogens with zero attached hydrogens (tertiary/aromatic N) is 1. The minimum atomic E-state index is -0.523. The van der Waals surface area contributed by atoms with E-state index in [0.29, 0.717) is 17.0 Å². The fourth-order valence-electron chi connectivity index (χ4n) is 3.94. The number of nitro benzene ring substituents is 1. The molecule has 0 saturated heterocycles.